The lowest BCUT2D eigenvalue weighted by Crippen LogP contribution is -2.40. The molecule has 0 aromatic heterocycles. The number of methoxy groups -OCH3 is 2. The molecule has 0 aliphatic carbocycles. The summed E-state index contributed by atoms with van der Waals surface area (Å²) in [5, 5.41) is 0. The SMILES string of the molecule is COc1ccc(C(=O)N2CCC(OC)CC2)cc1N. The molecule has 5 nitrogen and oxygen atoms in total. The summed E-state index contributed by atoms with van der Waals surface area (Å²) >= 11 is 0. The topological polar surface area (TPSA) is 64.8 Å². The summed E-state index contributed by atoms with van der Waals surface area (Å²) in [5.41, 5.74) is 6.92. The highest BCUT2D eigenvalue weighted by atomic mass is 16.5. The maximum Gasteiger partial charge on any atom is 0.253 e. The van der Waals surface area contributed by atoms with E-state index in [9.17, 15) is 4.79 Å². The van der Waals surface area contributed by atoms with Crippen LogP contribution in [0.4, 0.5) is 5.69 Å². The van der Waals surface area contributed by atoms with Gasteiger partial charge in [0.15, 0.2) is 0 Å². The number of carbonyl (C=O) groups excluding carboxylic acids is 1. The van der Waals surface area contributed by atoms with Crippen LogP contribution in [0.25, 0.3) is 0 Å². The number of benzene rings is 1. The fourth-order valence-electron chi connectivity index (χ4n) is 2.34. The van der Waals surface area contributed by atoms with E-state index in [0.717, 1.165) is 25.9 Å². The van der Waals surface area contributed by atoms with Gasteiger partial charge in [0.2, 0.25) is 0 Å². The van der Waals surface area contributed by atoms with Crippen molar-refractivity contribution in [1.29, 1.82) is 0 Å². The fourth-order valence-corrected chi connectivity index (χ4v) is 2.34. The number of amides is 1. The largest absolute Gasteiger partial charge is 0.495 e. The molecule has 1 aromatic rings. The molecule has 1 heterocycles. The predicted octanol–water partition coefficient (Wildman–Crippen LogP) is 1.53. The van der Waals surface area contributed by atoms with Crippen molar-refractivity contribution in [2.45, 2.75) is 18.9 Å². The molecule has 0 radical (unpaired) electrons. The van der Waals surface area contributed by atoms with Gasteiger partial charge in [-0.1, -0.05) is 0 Å². The van der Waals surface area contributed by atoms with E-state index in [1.807, 2.05) is 4.90 Å². The molecule has 1 aliphatic heterocycles. The van der Waals surface area contributed by atoms with Crippen LogP contribution in [0.3, 0.4) is 0 Å². The third-order valence-electron chi connectivity index (χ3n) is 3.54. The third kappa shape index (κ3) is 2.98. The first kappa shape index (κ1) is 13.7. The van der Waals surface area contributed by atoms with Gasteiger partial charge in [-0.15, -0.1) is 0 Å². The van der Waals surface area contributed by atoms with Crippen LogP contribution < -0.4 is 10.5 Å². The van der Waals surface area contributed by atoms with Gasteiger partial charge >= 0.3 is 0 Å². The molecule has 1 saturated heterocycles. The van der Waals surface area contributed by atoms with Crippen LogP contribution in [0.5, 0.6) is 5.75 Å². The van der Waals surface area contributed by atoms with Crippen LogP contribution in [-0.2, 0) is 4.74 Å². The maximum absolute atomic E-state index is 12.3. The molecule has 5 heteroatoms. The van der Waals surface area contributed by atoms with Gasteiger partial charge in [0, 0.05) is 25.8 Å². The van der Waals surface area contributed by atoms with Crippen LogP contribution in [0.2, 0.25) is 0 Å². The monoisotopic (exact) mass is 264 g/mol. The molecule has 2 rings (SSSR count). The van der Waals surface area contributed by atoms with E-state index in [2.05, 4.69) is 0 Å². The minimum atomic E-state index is 0.0175. The lowest BCUT2D eigenvalue weighted by atomic mass is 10.1. The Bertz CT molecular complexity index is 454. The third-order valence-corrected chi connectivity index (χ3v) is 3.54. The van der Waals surface area contributed by atoms with Crippen molar-refractivity contribution >= 4 is 11.6 Å². The minimum absolute atomic E-state index is 0.0175. The van der Waals surface area contributed by atoms with Crippen molar-refractivity contribution in [3.8, 4) is 5.75 Å². The molecule has 0 bridgehead atoms. The summed E-state index contributed by atoms with van der Waals surface area (Å²) < 4.78 is 10.4. The van der Waals surface area contributed by atoms with Crippen molar-refractivity contribution in [2.24, 2.45) is 0 Å². The second-order valence-corrected chi connectivity index (χ2v) is 4.68. The van der Waals surface area contributed by atoms with E-state index in [1.54, 1.807) is 32.4 Å². The Morgan fingerprint density at radius 2 is 2.00 bits per heavy atom. The van der Waals surface area contributed by atoms with Crippen LogP contribution in [0.15, 0.2) is 18.2 Å². The van der Waals surface area contributed by atoms with Crippen molar-refractivity contribution in [1.82, 2.24) is 4.90 Å². The average Bonchev–Trinajstić information content (AvgIpc) is 2.46. The number of anilines is 1. The van der Waals surface area contributed by atoms with E-state index < -0.39 is 0 Å². The number of rotatable bonds is 3. The first-order valence-corrected chi connectivity index (χ1v) is 6.41. The predicted molar refractivity (Wildman–Crippen MR) is 73.3 cm³/mol. The highest BCUT2D eigenvalue weighted by Crippen LogP contribution is 2.23. The van der Waals surface area contributed by atoms with Crippen LogP contribution in [0, 0.1) is 0 Å². The molecular weight excluding hydrogens is 244 g/mol. The number of likely N-dealkylation sites (tertiary alicyclic amines) is 1. The molecule has 19 heavy (non-hydrogen) atoms. The van der Waals surface area contributed by atoms with E-state index in [4.69, 9.17) is 15.2 Å². The highest BCUT2D eigenvalue weighted by Gasteiger charge is 2.23. The molecule has 1 fully saturated rings. The smallest absolute Gasteiger partial charge is 0.253 e. The lowest BCUT2D eigenvalue weighted by Gasteiger charge is -2.31. The zero-order valence-electron chi connectivity index (χ0n) is 11.4. The number of carbonyl (C=O) groups is 1. The molecule has 0 saturated carbocycles. The van der Waals surface area contributed by atoms with Gasteiger partial charge in [0.25, 0.3) is 5.91 Å². The van der Waals surface area contributed by atoms with E-state index in [-0.39, 0.29) is 12.0 Å². The standard InChI is InChI=1S/C14H20N2O3/c1-18-11-5-7-16(8-6-11)14(17)10-3-4-13(19-2)12(15)9-10/h3-4,9,11H,5-8,15H2,1-2H3. The first-order chi connectivity index (χ1) is 9.15. The highest BCUT2D eigenvalue weighted by molar-refractivity contribution is 5.95. The van der Waals surface area contributed by atoms with Crippen molar-refractivity contribution in [3.05, 3.63) is 23.8 Å². The molecule has 104 valence electrons. The maximum atomic E-state index is 12.3. The molecular formula is C14H20N2O3. The minimum Gasteiger partial charge on any atom is -0.495 e. The van der Waals surface area contributed by atoms with Gasteiger partial charge in [0.05, 0.1) is 18.9 Å². The Morgan fingerprint density at radius 3 is 2.53 bits per heavy atom. The molecule has 0 atom stereocenters. The van der Waals surface area contributed by atoms with Crippen molar-refractivity contribution in [2.75, 3.05) is 33.0 Å². The van der Waals surface area contributed by atoms with Gasteiger partial charge in [-0.2, -0.15) is 0 Å². The number of nitrogen functional groups attached to an aromatic ring is 1. The zero-order chi connectivity index (χ0) is 13.8. The van der Waals surface area contributed by atoms with Crippen LogP contribution >= 0.6 is 0 Å². The number of nitrogens with two attached hydrogens (primary N) is 1. The average molecular weight is 264 g/mol. The number of hydrogen-bond acceptors (Lipinski definition) is 4. The molecule has 0 unspecified atom stereocenters. The quantitative estimate of drug-likeness (QED) is 0.841. The molecule has 0 spiro atoms. The van der Waals surface area contributed by atoms with E-state index in [1.165, 1.54) is 0 Å². The Balaban J connectivity index is 2.06. The van der Waals surface area contributed by atoms with Gasteiger partial charge in [0.1, 0.15) is 5.75 Å². The van der Waals surface area contributed by atoms with Gasteiger partial charge < -0.3 is 20.1 Å². The second kappa shape index (κ2) is 5.93. The van der Waals surface area contributed by atoms with Crippen molar-refractivity contribution in [3.63, 3.8) is 0 Å². The van der Waals surface area contributed by atoms with Gasteiger partial charge in [-0.25, -0.2) is 0 Å². The normalized spacial score (nSPS) is 16.4. The summed E-state index contributed by atoms with van der Waals surface area (Å²) in [6.45, 7) is 1.45. The Morgan fingerprint density at radius 1 is 1.32 bits per heavy atom. The van der Waals surface area contributed by atoms with Crippen LogP contribution in [-0.4, -0.2) is 44.2 Å². The van der Waals surface area contributed by atoms with Crippen molar-refractivity contribution < 1.29 is 14.3 Å². The number of nitrogens with zero attached hydrogens (tertiary/aromatic N) is 1. The molecule has 1 aliphatic rings. The summed E-state index contributed by atoms with van der Waals surface area (Å²) in [6.07, 6.45) is 2.03. The van der Waals surface area contributed by atoms with E-state index in [0.29, 0.717) is 17.0 Å². The van der Waals surface area contributed by atoms with Gasteiger partial charge in [-0.3, -0.25) is 4.79 Å². The molecule has 2 N–H and O–H groups in total. The number of hydrogen-bond donors (Lipinski definition) is 1. The summed E-state index contributed by atoms with van der Waals surface area (Å²) in [6, 6.07) is 5.15. The lowest BCUT2D eigenvalue weighted by molar-refractivity contribution is 0.0351. The zero-order valence-corrected chi connectivity index (χ0v) is 11.4. The molecule has 1 amide bonds. The summed E-state index contributed by atoms with van der Waals surface area (Å²) in [4.78, 5) is 14.2. The fraction of sp³-hybridized carbons (Fsp3) is 0.500. The molecule has 1 aromatic carbocycles. The second-order valence-electron chi connectivity index (χ2n) is 4.68. The summed E-state index contributed by atoms with van der Waals surface area (Å²) in [5.74, 6) is 0.610. The number of ether oxygens (including phenoxy) is 2. The number of piperidine rings is 1. The Kier molecular flexibility index (Phi) is 4.27. The van der Waals surface area contributed by atoms with Gasteiger partial charge in [-0.05, 0) is 31.0 Å². The summed E-state index contributed by atoms with van der Waals surface area (Å²) in [7, 11) is 3.27. The Labute approximate surface area is 113 Å². The van der Waals surface area contributed by atoms with E-state index >= 15 is 0 Å². The van der Waals surface area contributed by atoms with Crippen LogP contribution in [0.1, 0.15) is 23.2 Å². The Hall–Kier alpha value is -1.75. The first-order valence-electron chi connectivity index (χ1n) is 6.41.